The van der Waals surface area contributed by atoms with Crippen molar-refractivity contribution in [3.63, 3.8) is 0 Å². The number of methoxy groups -OCH3 is 1. The van der Waals surface area contributed by atoms with Crippen LogP contribution in [0.4, 0.5) is 17.5 Å². The van der Waals surface area contributed by atoms with Crippen LogP contribution in [0.15, 0.2) is 36.5 Å². The van der Waals surface area contributed by atoms with E-state index in [1.54, 1.807) is 13.3 Å². The van der Waals surface area contributed by atoms with Gasteiger partial charge in [-0.1, -0.05) is 18.2 Å². The Morgan fingerprint density at radius 2 is 2.19 bits per heavy atom. The SMILES string of the molecule is COCCNc1nccc(N2CCCc3ccccc32)n1. The Hall–Kier alpha value is -2.14. The Balaban J connectivity index is 1.83. The summed E-state index contributed by atoms with van der Waals surface area (Å²) >= 11 is 0. The minimum Gasteiger partial charge on any atom is -0.383 e. The number of hydrogen-bond donors (Lipinski definition) is 1. The minimum absolute atomic E-state index is 0.639. The second-order valence-corrected chi connectivity index (χ2v) is 5.04. The predicted molar refractivity (Wildman–Crippen MR) is 84.2 cm³/mol. The highest BCUT2D eigenvalue weighted by molar-refractivity contribution is 5.65. The summed E-state index contributed by atoms with van der Waals surface area (Å²) < 4.78 is 5.03. The van der Waals surface area contributed by atoms with Crippen molar-refractivity contribution in [1.82, 2.24) is 9.97 Å². The van der Waals surface area contributed by atoms with Crippen molar-refractivity contribution >= 4 is 17.5 Å². The van der Waals surface area contributed by atoms with Crippen LogP contribution < -0.4 is 10.2 Å². The van der Waals surface area contributed by atoms with E-state index in [4.69, 9.17) is 4.74 Å². The fourth-order valence-corrected chi connectivity index (χ4v) is 2.62. The molecule has 5 heteroatoms. The molecule has 2 aromatic rings. The van der Waals surface area contributed by atoms with E-state index in [2.05, 4.69) is 44.5 Å². The Morgan fingerprint density at radius 3 is 3.10 bits per heavy atom. The lowest BCUT2D eigenvalue weighted by atomic mass is 10.0. The van der Waals surface area contributed by atoms with E-state index < -0.39 is 0 Å². The Labute approximate surface area is 125 Å². The van der Waals surface area contributed by atoms with Crippen LogP contribution in [0, 0.1) is 0 Å². The van der Waals surface area contributed by atoms with Crippen LogP contribution in [0.1, 0.15) is 12.0 Å². The normalized spacial score (nSPS) is 13.9. The first-order chi connectivity index (χ1) is 10.4. The average Bonchev–Trinajstić information content (AvgIpc) is 2.55. The van der Waals surface area contributed by atoms with E-state index in [9.17, 15) is 0 Å². The smallest absolute Gasteiger partial charge is 0.224 e. The van der Waals surface area contributed by atoms with Crippen molar-refractivity contribution in [2.45, 2.75) is 12.8 Å². The van der Waals surface area contributed by atoms with Gasteiger partial charge in [0, 0.05) is 32.1 Å². The van der Waals surface area contributed by atoms with E-state index >= 15 is 0 Å². The second kappa shape index (κ2) is 6.54. The third-order valence-corrected chi connectivity index (χ3v) is 3.62. The van der Waals surface area contributed by atoms with Gasteiger partial charge in [0.05, 0.1) is 6.61 Å². The summed E-state index contributed by atoms with van der Waals surface area (Å²) in [5, 5.41) is 3.18. The number of benzene rings is 1. The largest absolute Gasteiger partial charge is 0.383 e. The number of rotatable bonds is 5. The highest BCUT2D eigenvalue weighted by Crippen LogP contribution is 2.32. The first-order valence-corrected chi connectivity index (χ1v) is 7.30. The molecule has 1 aromatic heterocycles. The predicted octanol–water partition coefficient (Wildman–Crippen LogP) is 2.62. The number of para-hydroxylation sites is 1. The van der Waals surface area contributed by atoms with Gasteiger partial charge in [0.25, 0.3) is 0 Å². The molecule has 0 spiro atoms. The quantitative estimate of drug-likeness (QED) is 0.855. The maximum atomic E-state index is 5.03. The summed E-state index contributed by atoms with van der Waals surface area (Å²) in [4.78, 5) is 11.1. The zero-order chi connectivity index (χ0) is 14.5. The van der Waals surface area contributed by atoms with Crippen molar-refractivity contribution in [2.75, 3.05) is 37.0 Å². The molecule has 0 bridgehead atoms. The van der Waals surface area contributed by atoms with Gasteiger partial charge < -0.3 is 15.0 Å². The first-order valence-electron chi connectivity index (χ1n) is 7.30. The third-order valence-electron chi connectivity index (χ3n) is 3.62. The van der Waals surface area contributed by atoms with E-state index in [1.807, 2.05) is 6.07 Å². The molecule has 110 valence electrons. The van der Waals surface area contributed by atoms with Crippen LogP contribution in [-0.4, -0.2) is 36.8 Å². The molecule has 0 unspecified atom stereocenters. The van der Waals surface area contributed by atoms with Crippen molar-refractivity contribution in [1.29, 1.82) is 0 Å². The first kappa shape index (κ1) is 13.8. The van der Waals surface area contributed by atoms with Crippen molar-refractivity contribution in [3.8, 4) is 0 Å². The van der Waals surface area contributed by atoms with Crippen LogP contribution in [0.25, 0.3) is 0 Å². The molecule has 1 aliphatic heterocycles. The van der Waals surface area contributed by atoms with Crippen molar-refractivity contribution in [3.05, 3.63) is 42.1 Å². The minimum atomic E-state index is 0.639. The molecule has 0 radical (unpaired) electrons. The number of aryl methyl sites for hydroxylation is 1. The topological polar surface area (TPSA) is 50.3 Å². The molecule has 0 saturated carbocycles. The summed E-state index contributed by atoms with van der Waals surface area (Å²) in [6.07, 6.45) is 4.08. The maximum Gasteiger partial charge on any atom is 0.224 e. The number of anilines is 3. The molecule has 1 aliphatic rings. The Bertz CT molecular complexity index is 602. The lowest BCUT2D eigenvalue weighted by molar-refractivity contribution is 0.210. The molecule has 0 saturated heterocycles. The Morgan fingerprint density at radius 1 is 1.29 bits per heavy atom. The summed E-state index contributed by atoms with van der Waals surface area (Å²) in [5.41, 5.74) is 2.64. The lowest BCUT2D eigenvalue weighted by Gasteiger charge is -2.30. The zero-order valence-corrected chi connectivity index (χ0v) is 12.2. The monoisotopic (exact) mass is 284 g/mol. The molecular weight excluding hydrogens is 264 g/mol. The third kappa shape index (κ3) is 3.13. The van der Waals surface area contributed by atoms with Crippen molar-refractivity contribution < 1.29 is 4.74 Å². The molecule has 0 atom stereocenters. The second-order valence-electron chi connectivity index (χ2n) is 5.04. The van der Waals surface area contributed by atoms with E-state index in [-0.39, 0.29) is 0 Å². The summed E-state index contributed by atoms with van der Waals surface area (Å²) in [6.45, 7) is 2.34. The molecule has 1 N–H and O–H groups in total. The Kier molecular flexibility index (Phi) is 4.31. The van der Waals surface area contributed by atoms with Gasteiger partial charge in [0.2, 0.25) is 5.95 Å². The zero-order valence-electron chi connectivity index (χ0n) is 12.2. The van der Waals surface area contributed by atoms with Gasteiger partial charge in [-0.05, 0) is 30.5 Å². The number of aromatic nitrogens is 2. The molecule has 0 aliphatic carbocycles. The molecular formula is C16H20N4O. The van der Waals surface area contributed by atoms with Crippen LogP contribution in [0.5, 0.6) is 0 Å². The van der Waals surface area contributed by atoms with Crippen molar-refractivity contribution in [2.24, 2.45) is 0 Å². The van der Waals surface area contributed by atoms with Gasteiger partial charge in [-0.15, -0.1) is 0 Å². The van der Waals surface area contributed by atoms with Crippen LogP contribution in [-0.2, 0) is 11.2 Å². The van der Waals surface area contributed by atoms with E-state index in [0.29, 0.717) is 19.1 Å². The summed E-state index contributed by atoms with van der Waals surface area (Å²) in [5.74, 6) is 1.59. The van der Waals surface area contributed by atoms with Gasteiger partial charge in [-0.25, -0.2) is 4.98 Å². The fourth-order valence-electron chi connectivity index (χ4n) is 2.62. The summed E-state index contributed by atoms with van der Waals surface area (Å²) in [6, 6.07) is 10.5. The van der Waals surface area contributed by atoms with E-state index in [0.717, 1.165) is 25.2 Å². The van der Waals surface area contributed by atoms with Crippen LogP contribution >= 0.6 is 0 Å². The average molecular weight is 284 g/mol. The molecule has 0 amide bonds. The number of hydrogen-bond acceptors (Lipinski definition) is 5. The van der Waals surface area contributed by atoms with Gasteiger partial charge in [-0.2, -0.15) is 4.98 Å². The standard InChI is InChI=1S/C16H20N4O/c1-21-12-10-18-16-17-9-8-15(19-16)20-11-4-6-13-5-2-3-7-14(13)20/h2-3,5,7-9H,4,6,10-12H2,1H3,(H,17,18,19). The number of fused-ring (bicyclic) bond motifs is 1. The highest BCUT2D eigenvalue weighted by atomic mass is 16.5. The molecule has 0 fully saturated rings. The van der Waals surface area contributed by atoms with Gasteiger partial charge in [-0.3, -0.25) is 0 Å². The maximum absolute atomic E-state index is 5.03. The lowest BCUT2D eigenvalue weighted by Crippen LogP contribution is -2.25. The molecule has 3 rings (SSSR count). The highest BCUT2D eigenvalue weighted by Gasteiger charge is 2.18. The molecule has 2 heterocycles. The fraction of sp³-hybridized carbons (Fsp3) is 0.375. The van der Waals surface area contributed by atoms with Crippen LogP contribution in [0.2, 0.25) is 0 Å². The van der Waals surface area contributed by atoms with Crippen LogP contribution in [0.3, 0.4) is 0 Å². The van der Waals surface area contributed by atoms with E-state index in [1.165, 1.54) is 11.3 Å². The molecule has 5 nitrogen and oxygen atoms in total. The number of ether oxygens (including phenoxy) is 1. The number of nitrogens with one attached hydrogen (secondary N) is 1. The summed E-state index contributed by atoms with van der Waals surface area (Å²) in [7, 11) is 1.68. The van der Waals surface area contributed by atoms with Gasteiger partial charge >= 0.3 is 0 Å². The number of nitrogens with zero attached hydrogens (tertiary/aromatic N) is 3. The molecule has 1 aromatic carbocycles. The molecule has 21 heavy (non-hydrogen) atoms. The van der Waals surface area contributed by atoms with Gasteiger partial charge in [0.15, 0.2) is 0 Å². The van der Waals surface area contributed by atoms with Gasteiger partial charge in [0.1, 0.15) is 5.82 Å².